The van der Waals surface area contributed by atoms with Gasteiger partial charge in [0.25, 0.3) is 0 Å². The standard InChI is InChI=1S/C14H13ClN2S2/c1-2-10(12-4-3-7-18-12)16-14-17-11-8-9(15)5-6-13(11)19-14/h3-8,10H,2H2,1H3,(H,16,17). The number of thiophene rings is 1. The van der Waals surface area contributed by atoms with Gasteiger partial charge in [0.1, 0.15) is 0 Å². The van der Waals surface area contributed by atoms with Crippen molar-refractivity contribution in [3.05, 3.63) is 45.6 Å². The summed E-state index contributed by atoms with van der Waals surface area (Å²) >= 11 is 9.44. The Labute approximate surface area is 125 Å². The third kappa shape index (κ3) is 2.76. The molecule has 5 heteroatoms. The normalized spacial score (nSPS) is 12.7. The number of halogens is 1. The van der Waals surface area contributed by atoms with E-state index in [1.807, 2.05) is 18.2 Å². The van der Waals surface area contributed by atoms with Crippen LogP contribution in [0.1, 0.15) is 24.3 Å². The second-order valence-corrected chi connectivity index (χ2v) is 6.70. The molecule has 0 bridgehead atoms. The Bertz CT molecular complexity index is 676. The molecule has 0 saturated heterocycles. The highest BCUT2D eigenvalue weighted by Crippen LogP contribution is 2.32. The molecule has 0 aliphatic rings. The first-order chi connectivity index (χ1) is 9.26. The van der Waals surface area contributed by atoms with Crippen LogP contribution < -0.4 is 5.32 Å². The zero-order valence-electron chi connectivity index (χ0n) is 10.4. The van der Waals surface area contributed by atoms with Gasteiger partial charge >= 0.3 is 0 Å². The molecule has 3 rings (SSSR count). The maximum Gasteiger partial charge on any atom is 0.184 e. The maximum atomic E-state index is 5.99. The van der Waals surface area contributed by atoms with E-state index in [0.29, 0.717) is 6.04 Å². The fraction of sp³-hybridized carbons (Fsp3) is 0.214. The summed E-state index contributed by atoms with van der Waals surface area (Å²) in [6.45, 7) is 2.18. The largest absolute Gasteiger partial charge is 0.354 e. The van der Waals surface area contributed by atoms with Gasteiger partial charge in [0.2, 0.25) is 0 Å². The molecular weight excluding hydrogens is 296 g/mol. The van der Waals surface area contributed by atoms with Gasteiger partial charge in [-0.2, -0.15) is 0 Å². The van der Waals surface area contributed by atoms with Crippen LogP contribution in [-0.2, 0) is 0 Å². The SMILES string of the molecule is CCC(Nc1nc2cc(Cl)ccc2s1)c1cccs1. The van der Waals surface area contributed by atoms with Crippen molar-refractivity contribution in [3.63, 3.8) is 0 Å². The van der Waals surface area contributed by atoms with Crippen molar-refractivity contribution in [3.8, 4) is 0 Å². The van der Waals surface area contributed by atoms with Crippen molar-refractivity contribution in [2.24, 2.45) is 0 Å². The number of benzene rings is 1. The Morgan fingerprint density at radius 1 is 1.37 bits per heavy atom. The summed E-state index contributed by atoms with van der Waals surface area (Å²) in [5.41, 5.74) is 0.959. The first-order valence-electron chi connectivity index (χ1n) is 6.12. The van der Waals surface area contributed by atoms with Crippen LogP contribution in [0.4, 0.5) is 5.13 Å². The van der Waals surface area contributed by atoms with Gasteiger partial charge in [-0.05, 0) is 36.1 Å². The van der Waals surface area contributed by atoms with Crippen molar-refractivity contribution in [2.45, 2.75) is 19.4 Å². The Morgan fingerprint density at radius 2 is 2.26 bits per heavy atom. The highest BCUT2D eigenvalue weighted by molar-refractivity contribution is 7.22. The second-order valence-electron chi connectivity index (χ2n) is 4.25. The zero-order chi connectivity index (χ0) is 13.2. The van der Waals surface area contributed by atoms with Crippen LogP contribution in [-0.4, -0.2) is 4.98 Å². The number of hydrogen-bond donors (Lipinski definition) is 1. The Hall–Kier alpha value is -1.10. The lowest BCUT2D eigenvalue weighted by atomic mass is 10.2. The number of anilines is 1. The maximum absolute atomic E-state index is 5.99. The molecule has 3 aromatic rings. The molecule has 0 saturated carbocycles. The second kappa shape index (κ2) is 5.49. The topological polar surface area (TPSA) is 24.9 Å². The number of thiazole rings is 1. The number of aromatic nitrogens is 1. The van der Waals surface area contributed by atoms with Crippen molar-refractivity contribution < 1.29 is 0 Å². The summed E-state index contributed by atoms with van der Waals surface area (Å²) in [6, 6.07) is 10.4. The predicted octanol–water partition coefficient (Wildman–Crippen LogP) is 5.57. The van der Waals surface area contributed by atoms with Gasteiger partial charge in [-0.1, -0.05) is 35.9 Å². The molecule has 1 atom stereocenters. The van der Waals surface area contributed by atoms with Crippen LogP contribution >= 0.6 is 34.3 Å². The first-order valence-corrected chi connectivity index (χ1v) is 8.19. The summed E-state index contributed by atoms with van der Waals surface area (Å²) in [7, 11) is 0. The van der Waals surface area contributed by atoms with Crippen molar-refractivity contribution in [1.29, 1.82) is 0 Å². The number of nitrogens with zero attached hydrogens (tertiary/aromatic N) is 1. The van der Waals surface area contributed by atoms with Gasteiger partial charge in [0.05, 0.1) is 16.3 Å². The van der Waals surface area contributed by atoms with E-state index in [1.165, 1.54) is 4.88 Å². The molecule has 2 heterocycles. The molecule has 98 valence electrons. The molecule has 0 spiro atoms. The van der Waals surface area contributed by atoms with Crippen LogP contribution in [0.25, 0.3) is 10.2 Å². The molecule has 0 aliphatic carbocycles. The Kier molecular flexibility index (Phi) is 3.73. The monoisotopic (exact) mass is 308 g/mol. The van der Waals surface area contributed by atoms with Crippen LogP contribution in [0, 0.1) is 0 Å². The lowest BCUT2D eigenvalue weighted by molar-refractivity contribution is 0.763. The summed E-state index contributed by atoms with van der Waals surface area (Å²) < 4.78 is 1.16. The summed E-state index contributed by atoms with van der Waals surface area (Å²) in [5.74, 6) is 0. The molecule has 0 fully saturated rings. The molecule has 2 nitrogen and oxygen atoms in total. The van der Waals surface area contributed by atoms with Gasteiger partial charge in [0.15, 0.2) is 5.13 Å². The highest BCUT2D eigenvalue weighted by atomic mass is 35.5. The van der Waals surface area contributed by atoms with Gasteiger partial charge in [-0.25, -0.2) is 4.98 Å². The van der Waals surface area contributed by atoms with E-state index in [9.17, 15) is 0 Å². The van der Waals surface area contributed by atoms with Gasteiger partial charge in [0, 0.05) is 9.90 Å². The smallest absolute Gasteiger partial charge is 0.184 e. The lowest BCUT2D eigenvalue weighted by Crippen LogP contribution is -2.07. The molecule has 1 N–H and O–H groups in total. The highest BCUT2D eigenvalue weighted by Gasteiger charge is 2.12. The minimum absolute atomic E-state index is 0.330. The molecule has 0 amide bonds. The number of rotatable bonds is 4. The summed E-state index contributed by atoms with van der Waals surface area (Å²) in [5, 5.41) is 7.31. The van der Waals surface area contributed by atoms with E-state index in [4.69, 9.17) is 11.6 Å². The van der Waals surface area contributed by atoms with Gasteiger partial charge in [-0.15, -0.1) is 11.3 Å². The van der Waals surface area contributed by atoms with E-state index in [0.717, 1.165) is 26.8 Å². The van der Waals surface area contributed by atoms with Crippen molar-refractivity contribution >= 4 is 49.6 Å². The predicted molar refractivity (Wildman–Crippen MR) is 85.6 cm³/mol. The minimum Gasteiger partial charge on any atom is -0.354 e. The molecular formula is C14H13ClN2S2. The molecule has 1 aromatic carbocycles. The van der Waals surface area contributed by atoms with Gasteiger partial charge < -0.3 is 5.32 Å². The van der Waals surface area contributed by atoms with E-state index >= 15 is 0 Å². The third-order valence-corrected chi connectivity index (χ3v) is 5.13. The van der Waals surface area contributed by atoms with Crippen LogP contribution in [0.2, 0.25) is 5.02 Å². The molecule has 0 radical (unpaired) electrons. The van der Waals surface area contributed by atoms with Crippen molar-refractivity contribution in [1.82, 2.24) is 4.98 Å². The quantitative estimate of drug-likeness (QED) is 0.681. The van der Waals surface area contributed by atoms with Crippen LogP contribution in [0.15, 0.2) is 35.7 Å². The van der Waals surface area contributed by atoms with E-state index < -0.39 is 0 Å². The van der Waals surface area contributed by atoms with Crippen LogP contribution in [0.5, 0.6) is 0 Å². The van der Waals surface area contributed by atoms with Crippen molar-refractivity contribution in [2.75, 3.05) is 5.32 Å². The molecule has 19 heavy (non-hydrogen) atoms. The molecule has 1 unspecified atom stereocenters. The average Bonchev–Trinajstić information content (AvgIpc) is 3.04. The Balaban J connectivity index is 1.88. The average molecular weight is 309 g/mol. The summed E-state index contributed by atoms with van der Waals surface area (Å²) in [6.07, 6.45) is 1.04. The number of hydrogen-bond acceptors (Lipinski definition) is 4. The van der Waals surface area contributed by atoms with Gasteiger partial charge in [-0.3, -0.25) is 0 Å². The fourth-order valence-corrected chi connectivity index (χ4v) is 3.90. The minimum atomic E-state index is 0.330. The lowest BCUT2D eigenvalue weighted by Gasteiger charge is -2.13. The van der Waals surface area contributed by atoms with E-state index in [2.05, 4.69) is 34.7 Å². The Morgan fingerprint density at radius 3 is 3.00 bits per heavy atom. The first kappa shape index (κ1) is 12.9. The van der Waals surface area contributed by atoms with E-state index in [1.54, 1.807) is 22.7 Å². The number of fused-ring (bicyclic) bond motifs is 1. The molecule has 2 aromatic heterocycles. The third-order valence-electron chi connectivity index (χ3n) is 2.94. The summed E-state index contributed by atoms with van der Waals surface area (Å²) in [4.78, 5) is 5.95. The van der Waals surface area contributed by atoms with Crippen LogP contribution in [0.3, 0.4) is 0 Å². The molecule has 0 aliphatic heterocycles. The fourth-order valence-electron chi connectivity index (χ4n) is 1.98. The number of nitrogens with one attached hydrogen (secondary N) is 1. The van der Waals surface area contributed by atoms with E-state index in [-0.39, 0.29) is 0 Å². The zero-order valence-corrected chi connectivity index (χ0v) is 12.8.